The number of rotatable bonds is 5. The molecular formula is C19H21FN4O2. The van der Waals surface area contributed by atoms with E-state index in [9.17, 15) is 9.18 Å². The summed E-state index contributed by atoms with van der Waals surface area (Å²) in [6.45, 7) is 4.33. The van der Waals surface area contributed by atoms with E-state index in [1.165, 1.54) is 18.1 Å². The molecule has 26 heavy (non-hydrogen) atoms. The van der Waals surface area contributed by atoms with Crippen LogP contribution in [0, 0.1) is 5.82 Å². The second kappa shape index (κ2) is 7.11. The molecule has 3 rings (SSSR count). The predicted molar refractivity (Wildman–Crippen MR) is 96.7 cm³/mol. The van der Waals surface area contributed by atoms with Gasteiger partial charge in [-0.3, -0.25) is 4.79 Å². The summed E-state index contributed by atoms with van der Waals surface area (Å²) in [5, 5.41) is 5.12. The number of carbonyl (C=O) groups is 1. The average molecular weight is 356 g/mol. The lowest BCUT2D eigenvalue weighted by Crippen LogP contribution is -2.26. The number of amides is 1. The fourth-order valence-electron chi connectivity index (χ4n) is 2.81. The maximum absolute atomic E-state index is 13.8. The van der Waals surface area contributed by atoms with Crippen LogP contribution in [-0.2, 0) is 6.54 Å². The normalized spacial score (nSPS) is 11.2. The summed E-state index contributed by atoms with van der Waals surface area (Å²) in [4.78, 5) is 18.6. The van der Waals surface area contributed by atoms with Gasteiger partial charge in [-0.2, -0.15) is 5.10 Å². The summed E-state index contributed by atoms with van der Waals surface area (Å²) in [5.41, 5.74) is 1.90. The number of aromatic nitrogens is 3. The number of methoxy groups -OCH3 is 1. The van der Waals surface area contributed by atoms with Crippen molar-refractivity contribution in [3.05, 3.63) is 53.6 Å². The van der Waals surface area contributed by atoms with Gasteiger partial charge in [-0.05, 0) is 37.6 Å². The minimum absolute atomic E-state index is 0.180. The van der Waals surface area contributed by atoms with Crippen molar-refractivity contribution in [3.8, 4) is 5.75 Å². The number of nitrogens with zero attached hydrogens (tertiary/aromatic N) is 4. The zero-order valence-corrected chi connectivity index (χ0v) is 15.2. The zero-order valence-electron chi connectivity index (χ0n) is 15.2. The van der Waals surface area contributed by atoms with Crippen LogP contribution in [0.3, 0.4) is 0 Å². The number of fused-ring (bicyclic) bond motifs is 1. The van der Waals surface area contributed by atoms with Gasteiger partial charge in [0.15, 0.2) is 17.2 Å². The summed E-state index contributed by atoms with van der Waals surface area (Å²) in [5.74, 6) is -0.456. The molecule has 1 amide bonds. The van der Waals surface area contributed by atoms with Gasteiger partial charge >= 0.3 is 0 Å². The highest BCUT2D eigenvalue weighted by Crippen LogP contribution is 2.20. The average Bonchev–Trinajstić information content (AvgIpc) is 3.04. The second-order valence-electron chi connectivity index (χ2n) is 6.45. The first-order chi connectivity index (χ1) is 12.4. The first kappa shape index (κ1) is 17.8. The number of carbonyl (C=O) groups excluding carboxylic acids is 1. The van der Waals surface area contributed by atoms with Crippen molar-refractivity contribution in [2.45, 2.75) is 26.4 Å². The van der Waals surface area contributed by atoms with E-state index in [-0.39, 0.29) is 24.2 Å². The van der Waals surface area contributed by atoms with E-state index in [0.29, 0.717) is 11.1 Å². The topological polar surface area (TPSA) is 60.2 Å². The Bertz CT molecular complexity index is 952. The first-order valence-corrected chi connectivity index (χ1v) is 8.32. The number of hydrogen-bond donors (Lipinski definition) is 0. The Labute approximate surface area is 151 Å². The van der Waals surface area contributed by atoms with Gasteiger partial charge in [0.25, 0.3) is 5.91 Å². The molecule has 0 radical (unpaired) electrons. The Morgan fingerprint density at radius 3 is 2.73 bits per heavy atom. The monoisotopic (exact) mass is 356 g/mol. The maximum atomic E-state index is 13.8. The van der Waals surface area contributed by atoms with Crippen LogP contribution in [0.2, 0.25) is 0 Å². The molecule has 0 bridgehead atoms. The molecule has 7 heteroatoms. The summed E-state index contributed by atoms with van der Waals surface area (Å²) < 4.78 is 20.5. The van der Waals surface area contributed by atoms with Crippen LogP contribution in [0.15, 0.2) is 36.7 Å². The van der Waals surface area contributed by atoms with Crippen molar-refractivity contribution in [2.75, 3.05) is 14.2 Å². The van der Waals surface area contributed by atoms with E-state index in [2.05, 4.69) is 10.1 Å². The lowest BCUT2D eigenvalue weighted by molar-refractivity contribution is 0.0784. The Hall–Kier alpha value is -2.96. The standard InChI is InChI=1S/C19H21FN4O2/c1-12(2)24-18-14(10-22-24)8-15(9-21-18)19(25)23(3)11-13-5-6-17(26-4)16(20)7-13/h5-10,12H,11H2,1-4H3. The highest BCUT2D eigenvalue weighted by molar-refractivity contribution is 5.96. The third-order valence-corrected chi connectivity index (χ3v) is 4.15. The molecule has 0 fully saturated rings. The fraction of sp³-hybridized carbons (Fsp3) is 0.316. The van der Waals surface area contributed by atoms with Gasteiger partial charge in [0.1, 0.15) is 0 Å². The number of benzene rings is 1. The summed E-state index contributed by atoms with van der Waals surface area (Å²) in [6, 6.07) is 6.63. The fourth-order valence-corrected chi connectivity index (χ4v) is 2.81. The van der Waals surface area contributed by atoms with Crippen molar-refractivity contribution < 1.29 is 13.9 Å². The Morgan fingerprint density at radius 1 is 1.31 bits per heavy atom. The molecule has 0 aliphatic carbocycles. The van der Waals surface area contributed by atoms with Crippen molar-refractivity contribution in [1.29, 1.82) is 0 Å². The van der Waals surface area contributed by atoms with Gasteiger partial charge in [0, 0.05) is 31.2 Å². The molecule has 2 aromatic heterocycles. The van der Waals surface area contributed by atoms with E-state index in [1.807, 2.05) is 18.5 Å². The predicted octanol–water partition coefficient (Wildman–Crippen LogP) is 3.43. The van der Waals surface area contributed by atoms with Crippen molar-refractivity contribution in [3.63, 3.8) is 0 Å². The molecule has 6 nitrogen and oxygen atoms in total. The third-order valence-electron chi connectivity index (χ3n) is 4.15. The van der Waals surface area contributed by atoms with Crippen LogP contribution < -0.4 is 4.74 Å². The molecule has 136 valence electrons. The smallest absolute Gasteiger partial charge is 0.255 e. The van der Waals surface area contributed by atoms with Crippen molar-refractivity contribution >= 4 is 16.9 Å². The molecule has 0 unspecified atom stereocenters. The van der Waals surface area contributed by atoms with Gasteiger partial charge in [0.2, 0.25) is 0 Å². The van der Waals surface area contributed by atoms with Gasteiger partial charge in [-0.15, -0.1) is 0 Å². The molecule has 2 heterocycles. The summed E-state index contributed by atoms with van der Waals surface area (Å²) in [6.07, 6.45) is 3.26. The number of pyridine rings is 1. The molecule has 0 saturated heterocycles. The molecule has 3 aromatic rings. The van der Waals surface area contributed by atoms with Crippen LogP contribution in [0.25, 0.3) is 11.0 Å². The third kappa shape index (κ3) is 3.37. The molecule has 1 aromatic carbocycles. The highest BCUT2D eigenvalue weighted by Gasteiger charge is 2.16. The molecule has 0 N–H and O–H groups in total. The Kier molecular flexibility index (Phi) is 4.88. The van der Waals surface area contributed by atoms with Gasteiger partial charge in [0.05, 0.1) is 18.9 Å². The maximum Gasteiger partial charge on any atom is 0.255 e. The van der Waals surface area contributed by atoms with E-state index in [4.69, 9.17) is 4.74 Å². The first-order valence-electron chi connectivity index (χ1n) is 8.32. The van der Waals surface area contributed by atoms with Crippen LogP contribution in [0.5, 0.6) is 5.75 Å². The molecule has 0 spiro atoms. The zero-order chi connectivity index (χ0) is 18.8. The Balaban J connectivity index is 1.80. The molecule has 0 saturated carbocycles. The van der Waals surface area contributed by atoms with E-state index < -0.39 is 5.82 Å². The quantitative estimate of drug-likeness (QED) is 0.703. The molecule has 0 atom stereocenters. The van der Waals surface area contributed by atoms with Gasteiger partial charge in [-0.1, -0.05) is 6.07 Å². The van der Waals surface area contributed by atoms with E-state index >= 15 is 0 Å². The lowest BCUT2D eigenvalue weighted by atomic mass is 10.1. The van der Waals surface area contributed by atoms with Crippen LogP contribution in [0.4, 0.5) is 4.39 Å². The van der Waals surface area contributed by atoms with E-state index in [0.717, 1.165) is 11.0 Å². The summed E-state index contributed by atoms with van der Waals surface area (Å²) in [7, 11) is 3.09. The van der Waals surface area contributed by atoms with Gasteiger partial charge < -0.3 is 9.64 Å². The van der Waals surface area contributed by atoms with Crippen LogP contribution in [0.1, 0.15) is 35.8 Å². The summed E-state index contributed by atoms with van der Waals surface area (Å²) >= 11 is 0. The highest BCUT2D eigenvalue weighted by atomic mass is 19.1. The number of ether oxygens (including phenoxy) is 1. The number of halogens is 1. The van der Waals surface area contributed by atoms with Gasteiger partial charge in [-0.25, -0.2) is 14.1 Å². The second-order valence-corrected chi connectivity index (χ2v) is 6.45. The van der Waals surface area contributed by atoms with Crippen molar-refractivity contribution in [1.82, 2.24) is 19.7 Å². The molecule has 0 aliphatic rings. The molecule has 0 aliphatic heterocycles. The Morgan fingerprint density at radius 2 is 2.08 bits per heavy atom. The molecular weight excluding hydrogens is 335 g/mol. The van der Waals surface area contributed by atoms with Crippen molar-refractivity contribution in [2.24, 2.45) is 0 Å². The lowest BCUT2D eigenvalue weighted by Gasteiger charge is -2.17. The minimum Gasteiger partial charge on any atom is -0.494 e. The SMILES string of the molecule is COc1ccc(CN(C)C(=O)c2cnc3c(cnn3C(C)C)c2)cc1F. The minimum atomic E-state index is -0.449. The largest absolute Gasteiger partial charge is 0.494 e. The van der Waals surface area contributed by atoms with E-state index in [1.54, 1.807) is 37.6 Å². The van der Waals surface area contributed by atoms with Crippen LogP contribution in [-0.4, -0.2) is 39.7 Å². The van der Waals surface area contributed by atoms with Crippen LogP contribution >= 0.6 is 0 Å². The number of hydrogen-bond acceptors (Lipinski definition) is 4.